The molecule has 1 aromatic rings. The van der Waals surface area contributed by atoms with Gasteiger partial charge in [0, 0.05) is 0 Å². The third-order valence-electron chi connectivity index (χ3n) is 1.80. The zero-order valence-electron chi connectivity index (χ0n) is 8.20. The first-order valence-electron chi connectivity index (χ1n) is 4.12. The monoisotopic (exact) mass is 218 g/mol. The molecule has 0 amide bonds. The summed E-state index contributed by atoms with van der Waals surface area (Å²) >= 11 is 0. The number of hydrogen-bond donors (Lipinski definition) is 0. The summed E-state index contributed by atoms with van der Waals surface area (Å²) in [6, 6.07) is 0. The predicted octanol–water partition coefficient (Wildman–Crippen LogP) is 1.03. The maximum Gasteiger partial charge on any atom is 0.235 e. The van der Waals surface area contributed by atoms with Gasteiger partial charge in [0.15, 0.2) is 9.84 Å². The van der Waals surface area contributed by atoms with Crippen LogP contribution in [0.4, 0.5) is 4.39 Å². The Hall–Kier alpha value is -1.04. The molecule has 1 rings (SSSR count). The molecule has 0 aromatic carbocycles. The Balaban J connectivity index is 3.51. The van der Waals surface area contributed by atoms with Gasteiger partial charge in [0.25, 0.3) is 0 Å². The minimum atomic E-state index is -3.58. The van der Waals surface area contributed by atoms with Crippen molar-refractivity contribution in [2.75, 3.05) is 5.75 Å². The first-order valence-corrected chi connectivity index (χ1v) is 5.77. The van der Waals surface area contributed by atoms with Gasteiger partial charge in [-0.2, -0.15) is 4.39 Å². The van der Waals surface area contributed by atoms with E-state index in [1.165, 1.54) is 20.8 Å². The van der Waals surface area contributed by atoms with Gasteiger partial charge in [-0.05, 0) is 13.8 Å². The summed E-state index contributed by atoms with van der Waals surface area (Å²) in [6.45, 7) is 4.42. The van der Waals surface area contributed by atoms with E-state index in [0.29, 0.717) is 0 Å². The Morgan fingerprint density at radius 3 is 2.29 bits per heavy atom. The van der Waals surface area contributed by atoms with E-state index in [1.54, 1.807) is 0 Å². The fourth-order valence-electron chi connectivity index (χ4n) is 1.16. The fraction of sp³-hybridized carbons (Fsp3) is 0.500. The lowest BCUT2D eigenvalue weighted by molar-refractivity contribution is 0.525. The molecular formula is C8H11FN2O2S. The molecule has 0 saturated heterocycles. The molecule has 14 heavy (non-hydrogen) atoms. The minimum Gasteiger partial charge on any atom is -0.237 e. The van der Waals surface area contributed by atoms with Crippen LogP contribution in [-0.4, -0.2) is 24.1 Å². The van der Waals surface area contributed by atoms with Crippen molar-refractivity contribution in [3.05, 3.63) is 17.5 Å². The van der Waals surface area contributed by atoms with Crippen molar-refractivity contribution in [3.8, 4) is 0 Å². The number of sulfone groups is 1. The molecule has 0 atom stereocenters. The molecule has 4 nitrogen and oxygen atoms in total. The van der Waals surface area contributed by atoms with Gasteiger partial charge in [-0.15, -0.1) is 0 Å². The number of halogens is 1. The highest BCUT2D eigenvalue weighted by molar-refractivity contribution is 7.91. The molecule has 0 aliphatic heterocycles. The number of hydrogen-bond acceptors (Lipinski definition) is 4. The number of aryl methyl sites for hydroxylation is 2. The lowest BCUT2D eigenvalue weighted by atomic mass is 10.4. The smallest absolute Gasteiger partial charge is 0.235 e. The van der Waals surface area contributed by atoms with Crippen LogP contribution in [0.2, 0.25) is 0 Å². The van der Waals surface area contributed by atoms with Crippen LogP contribution >= 0.6 is 0 Å². The van der Waals surface area contributed by atoms with Gasteiger partial charge >= 0.3 is 0 Å². The zero-order chi connectivity index (χ0) is 10.9. The molecule has 6 heteroatoms. The van der Waals surface area contributed by atoms with Crippen molar-refractivity contribution in [1.29, 1.82) is 0 Å². The standard InChI is InChI=1S/C8H11FN2O2S/c1-4-14(12,13)7-5(2)10-6(3)11-8(7)9/h4H2,1-3H3. The first-order chi connectivity index (χ1) is 6.38. The van der Waals surface area contributed by atoms with E-state index < -0.39 is 15.8 Å². The van der Waals surface area contributed by atoms with Gasteiger partial charge in [0.05, 0.1) is 11.4 Å². The average molecular weight is 218 g/mol. The molecule has 0 bridgehead atoms. The summed E-state index contributed by atoms with van der Waals surface area (Å²) in [5.74, 6) is -0.885. The third-order valence-corrected chi connectivity index (χ3v) is 3.64. The molecule has 0 aliphatic carbocycles. The van der Waals surface area contributed by atoms with Crippen LogP contribution in [0.5, 0.6) is 0 Å². The van der Waals surface area contributed by atoms with Crippen LogP contribution in [-0.2, 0) is 9.84 Å². The van der Waals surface area contributed by atoms with Crippen LogP contribution in [0.25, 0.3) is 0 Å². The topological polar surface area (TPSA) is 59.9 Å². The number of rotatable bonds is 2. The molecule has 0 saturated carbocycles. The first kappa shape index (κ1) is 11.0. The van der Waals surface area contributed by atoms with Crippen molar-refractivity contribution >= 4 is 9.84 Å². The summed E-state index contributed by atoms with van der Waals surface area (Å²) in [5, 5.41) is 0. The van der Waals surface area contributed by atoms with Gasteiger partial charge in [0.1, 0.15) is 10.7 Å². The van der Waals surface area contributed by atoms with Crippen molar-refractivity contribution < 1.29 is 12.8 Å². The summed E-state index contributed by atoms with van der Waals surface area (Å²) in [4.78, 5) is 6.83. The quantitative estimate of drug-likeness (QED) is 0.695. The fourth-order valence-corrected chi connectivity index (χ4v) is 2.24. The molecule has 0 radical (unpaired) electrons. The van der Waals surface area contributed by atoms with Gasteiger partial charge in [-0.3, -0.25) is 0 Å². The lowest BCUT2D eigenvalue weighted by Crippen LogP contribution is -2.12. The van der Waals surface area contributed by atoms with Crippen molar-refractivity contribution in [3.63, 3.8) is 0 Å². The number of aromatic nitrogens is 2. The predicted molar refractivity (Wildman–Crippen MR) is 49.2 cm³/mol. The average Bonchev–Trinajstić information content (AvgIpc) is 2.01. The normalized spacial score (nSPS) is 11.7. The largest absolute Gasteiger partial charge is 0.237 e. The van der Waals surface area contributed by atoms with E-state index in [4.69, 9.17) is 0 Å². The van der Waals surface area contributed by atoms with Gasteiger partial charge in [-0.25, -0.2) is 18.4 Å². The zero-order valence-corrected chi connectivity index (χ0v) is 9.02. The highest BCUT2D eigenvalue weighted by atomic mass is 32.2. The minimum absolute atomic E-state index is 0.156. The SMILES string of the molecule is CCS(=O)(=O)c1c(C)nc(C)nc1F. The van der Waals surface area contributed by atoms with E-state index in [9.17, 15) is 12.8 Å². The van der Waals surface area contributed by atoms with Crippen LogP contribution in [0.1, 0.15) is 18.4 Å². The van der Waals surface area contributed by atoms with Crippen LogP contribution in [0, 0.1) is 19.8 Å². The Morgan fingerprint density at radius 1 is 1.29 bits per heavy atom. The van der Waals surface area contributed by atoms with E-state index >= 15 is 0 Å². The maximum atomic E-state index is 13.3. The highest BCUT2D eigenvalue weighted by Crippen LogP contribution is 2.17. The van der Waals surface area contributed by atoms with Crippen LogP contribution < -0.4 is 0 Å². The van der Waals surface area contributed by atoms with Gasteiger partial charge in [0.2, 0.25) is 5.95 Å². The molecule has 0 spiro atoms. The molecule has 1 aromatic heterocycles. The highest BCUT2D eigenvalue weighted by Gasteiger charge is 2.22. The lowest BCUT2D eigenvalue weighted by Gasteiger charge is -2.05. The molecule has 0 N–H and O–H groups in total. The van der Waals surface area contributed by atoms with E-state index in [2.05, 4.69) is 9.97 Å². The molecule has 78 valence electrons. The molecule has 1 heterocycles. The van der Waals surface area contributed by atoms with E-state index in [1.807, 2.05) is 0 Å². The maximum absolute atomic E-state index is 13.3. The molecule has 0 aliphatic rings. The summed E-state index contributed by atoms with van der Waals surface area (Å²) in [6.07, 6.45) is 0. The van der Waals surface area contributed by atoms with Gasteiger partial charge in [-0.1, -0.05) is 6.92 Å². The number of nitrogens with zero attached hydrogens (tertiary/aromatic N) is 2. The van der Waals surface area contributed by atoms with Crippen molar-refractivity contribution in [2.45, 2.75) is 25.7 Å². The van der Waals surface area contributed by atoms with Crippen LogP contribution in [0.15, 0.2) is 4.90 Å². The van der Waals surface area contributed by atoms with Crippen molar-refractivity contribution in [2.24, 2.45) is 0 Å². The third kappa shape index (κ3) is 1.89. The second kappa shape index (κ2) is 3.61. The summed E-state index contributed by atoms with van der Waals surface area (Å²) in [5.41, 5.74) is 0.164. The Bertz CT molecular complexity index is 433. The molecular weight excluding hydrogens is 207 g/mol. The van der Waals surface area contributed by atoms with E-state index in [-0.39, 0.29) is 22.2 Å². The Kier molecular flexibility index (Phi) is 2.84. The molecule has 0 unspecified atom stereocenters. The second-order valence-corrected chi connectivity index (χ2v) is 5.09. The second-order valence-electron chi connectivity index (χ2n) is 2.88. The van der Waals surface area contributed by atoms with Crippen molar-refractivity contribution in [1.82, 2.24) is 9.97 Å². The Morgan fingerprint density at radius 2 is 1.86 bits per heavy atom. The summed E-state index contributed by atoms with van der Waals surface area (Å²) < 4.78 is 36.1. The Labute approximate surface area is 82.1 Å². The molecule has 0 fully saturated rings. The summed E-state index contributed by atoms with van der Waals surface area (Å²) in [7, 11) is -3.58. The van der Waals surface area contributed by atoms with Crippen LogP contribution in [0.3, 0.4) is 0 Å². The van der Waals surface area contributed by atoms with E-state index in [0.717, 1.165) is 0 Å². The van der Waals surface area contributed by atoms with Gasteiger partial charge < -0.3 is 0 Å².